The molecule has 22 heavy (non-hydrogen) atoms. The third-order valence-corrected chi connectivity index (χ3v) is 4.69. The van der Waals surface area contributed by atoms with E-state index in [9.17, 15) is 14.9 Å². The molecule has 0 aromatic heterocycles. The fraction of sp³-hybridized carbons (Fsp3) is 0.333. The molecule has 3 rings (SSSR count). The Hall–Kier alpha value is -2.59. The average Bonchev–Trinajstić information content (AvgIpc) is 2.55. The van der Waals surface area contributed by atoms with Crippen LogP contribution in [0.5, 0.6) is 0 Å². The molecule has 0 amide bonds. The first-order valence-corrected chi connectivity index (χ1v) is 7.42. The maximum Gasteiger partial charge on any atom is 0.123 e. The Morgan fingerprint density at radius 2 is 1.91 bits per heavy atom. The monoisotopic (exact) mass is 293 g/mol. The van der Waals surface area contributed by atoms with Crippen LogP contribution in [0.2, 0.25) is 0 Å². The van der Waals surface area contributed by atoms with Crippen molar-refractivity contribution < 1.29 is 4.39 Å². The Kier molecular flexibility index (Phi) is 3.69. The van der Waals surface area contributed by atoms with Gasteiger partial charge in [-0.15, -0.1) is 0 Å². The highest BCUT2D eigenvalue weighted by Gasteiger charge is 2.42. The predicted molar refractivity (Wildman–Crippen MR) is 80.5 cm³/mol. The number of nitriles is 2. The molecular weight excluding hydrogens is 277 g/mol. The third-order valence-electron chi connectivity index (χ3n) is 4.69. The maximum atomic E-state index is 13.2. The summed E-state index contributed by atoms with van der Waals surface area (Å²) < 4.78 is 13.2. The highest BCUT2D eigenvalue weighted by molar-refractivity contribution is 5.54. The van der Waals surface area contributed by atoms with Gasteiger partial charge in [-0.1, -0.05) is 18.2 Å². The lowest BCUT2D eigenvalue weighted by Gasteiger charge is -2.39. The maximum absolute atomic E-state index is 13.2. The highest BCUT2D eigenvalue weighted by Crippen LogP contribution is 2.49. The minimum absolute atomic E-state index is 0.103. The molecule has 1 aromatic rings. The van der Waals surface area contributed by atoms with Crippen LogP contribution in [0.3, 0.4) is 0 Å². The molecule has 0 radical (unpaired) electrons. The van der Waals surface area contributed by atoms with E-state index in [1.807, 2.05) is 0 Å². The van der Waals surface area contributed by atoms with Gasteiger partial charge in [0, 0.05) is 11.6 Å². The van der Waals surface area contributed by atoms with Crippen molar-refractivity contribution in [2.75, 3.05) is 0 Å². The summed E-state index contributed by atoms with van der Waals surface area (Å²) >= 11 is 0. The number of rotatable bonds is 1. The molecule has 0 saturated heterocycles. The van der Waals surface area contributed by atoms with E-state index in [4.69, 9.17) is 5.73 Å². The number of benzene rings is 1. The summed E-state index contributed by atoms with van der Waals surface area (Å²) in [6.45, 7) is 0. The summed E-state index contributed by atoms with van der Waals surface area (Å²) in [5.74, 6) is -0.853. The molecule has 2 aliphatic carbocycles. The fourth-order valence-corrected chi connectivity index (χ4v) is 3.70. The molecule has 1 aromatic carbocycles. The van der Waals surface area contributed by atoms with Gasteiger partial charge in [0.2, 0.25) is 0 Å². The molecule has 0 spiro atoms. The Labute approximate surface area is 129 Å². The van der Waals surface area contributed by atoms with Crippen LogP contribution in [0, 0.1) is 40.3 Å². The fourth-order valence-electron chi connectivity index (χ4n) is 3.70. The first-order chi connectivity index (χ1) is 10.7. The van der Waals surface area contributed by atoms with Crippen molar-refractivity contribution >= 4 is 0 Å². The van der Waals surface area contributed by atoms with Gasteiger partial charge in [0.1, 0.15) is 11.9 Å². The van der Waals surface area contributed by atoms with Gasteiger partial charge < -0.3 is 5.73 Å². The number of nitrogens with two attached hydrogens (primary N) is 1. The van der Waals surface area contributed by atoms with Crippen LogP contribution in [-0.4, -0.2) is 0 Å². The summed E-state index contributed by atoms with van der Waals surface area (Å²) in [5.41, 5.74) is 8.82. The molecule has 3 atom stereocenters. The van der Waals surface area contributed by atoms with Gasteiger partial charge >= 0.3 is 0 Å². The molecule has 0 saturated carbocycles. The van der Waals surface area contributed by atoms with Gasteiger partial charge in [-0.3, -0.25) is 0 Å². The van der Waals surface area contributed by atoms with Crippen molar-refractivity contribution in [3.05, 3.63) is 58.6 Å². The second kappa shape index (κ2) is 5.66. The number of allylic oxidation sites excluding steroid dienone is 4. The van der Waals surface area contributed by atoms with E-state index in [2.05, 4.69) is 18.2 Å². The van der Waals surface area contributed by atoms with E-state index in [1.165, 1.54) is 12.1 Å². The van der Waals surface area contributed by atoms with E-state index in [0.717, 1.165) is 30.4 Å². The van der Waals surface area contributed by atoms with Crippen LogP contribution < -0.4 is 5.73 Å². The second-order valence-corrected chi connectivity index (χ2v) is 5.82. The topological polar surface area (TPSA) is 73.6 Å². The van der Waals surface area contributed by atoms with Crippen molar-refractivity contribution in [2.45, 2.75) is 25.2 Å². The lowest BCUT2D eigenvalue weighted by Crippen LogP contribution is -2.34. The lowest BCUT2D eigenvalue weighted by atomic mass is 9.63. The molecule has 0 bridgehead atoms. The zero-order valence-electron chi connectivity index (χ0n) is 12.1. The molecule has 3 nitrogen and oxygen atoms in total. The summed E-state index contributed by atoms with van der Waals surface area (Å²) in [6, 6.07) is 10.7. The predicted octanol–water partition coefficient (Wildman–Crippen LogP) is 3.53. The molecule has 0 fully saturated rings. The number of hydrogen-bond acceptors (Lipinski definition) is 3. The molecule has 110 valence electrons. The van der Waals surface area contributed by atoms with Crippen molar-refractivity contribution in [1.29, 1.82) is 10.5 Å². The Balaban J connectivity index is 2.17. The van der Waals surface area contributed by atoms with E-state index in [-0.39, 0.29) is 17.7 Å². The number of hydrogen-bond donors (Lipinski definition) is 1. The number of fused-ring (bicyclic) bond motifs is 1. The highest BCUT2D eigenvalue weighted by atomic mass is 19.1. The number of halogens is 1. The summed E-state index contributed by atoms with van der Waals surface area (Å²) in [7, 11) is 0. The lowest BCUT2D eigenvalue weighted by molar-refractivity contribution is 0.368. The minimum Gasteiger partial charge on any atom is -0.400 e. The van der Waals surface area contributed by atoms with Gasteiger partial charge in [0.05, 0.1) is 17.6 Å². The SMILES string of the molecule is N#CC1=C(N)[C@H](C#N)[C@H](c2ccc(F)cc2)[C@H]2CCCC=C12. The van der Waals surface area contributed by atoms with Gasteiger partial charge in [-0.2, -0.15) is 10.5 Å². The third kappa shape index (κ3) is 2.18. The van der Waals surface area contributed by atoms with Gasteiger partial charge in [0.15, 0.2) is 0 Å². The van der Waals surface area contributed by atoms with Crippen molar-refractivity contribution in [3.8, 4) is 12.1 Å². The second-order valence-electron chi connectivity index (χ2n) is 5.82. The standard InChI is InChI=1S/C18H16FN3/c19-12-7-5-11(6-8-12)17-14-4-2-1-3-13(14)15(9-20)18(22)16(17)10-21/h3,5-8,14,16-17H,1-2,4,22H2/t14-,16+,17+/m0/s1. The van der Waals surface area contributed by atoms with E-state index in [0.29, 0.717) is 11.3 Å². The van der Waals surface area contributed by atoms with Crippen LogP contribution in [0.4, 0.5) is 4.39 Å². The van der Waals surface area contributed by atoms with Crippen LogP contribution in [0.15, 0.2) is 47.2 Å². The summed E-state index contributed by atoms with van der Waals surface area (Å²) in [6.07, 6.45) is 4.95. The number of nitrogens with zero attached hydrogens (tertiary/aromatic N) is 2. The Morgan fingerprint density at radius 3 is 2.55 bits per heavy atom. The molecule has 2 N–H and O–H groups in total. The van der Waals surface area contributed by atoms with Crippen LogP contribution in [-0.2, 0) is 0 Å². The molecule has 0 heterocycles. The van der Waals surface area contributed by atoms with Crippen LogP contribution in [0.1, 0.15) is 30.7 Å². The van der Waals surface area contributed by atoms with Gasteiger partial charge in [0.25, 0.3) is 0 Å². The first-order valence-electron chi connectivity index (χ1n) is 7.42. The zero-order valence-corrected chi connectivity index (χ0v) is 12.1. The average molecular weight is 293 g/mol. The largest absolute Gasteiger partial charge is 0.400 e. The molecule has 0 aliphatic heterocycles. The van der Waals surface area contributed by atoms with Gasteiger partial charge in [-0.05, 0) is 48.4 Å². The van der Waals surface area contributed by atoms with Crippen molar-refractivity contribution in [3.63, 3.8) is 0 Å². The first kappa shape index (κ1) is 14.4. The molecular formula is C18H16FN3. The zero-order chi connectivity index (χ0) is 15.7. The Bertz CT molecular complexity index is 731. The van der Waals surface area contributed by atoms with Crippen molar-refractivity contribution in [1.82, 2.24) is 0 Å². The molecule has 2 aliphatic rings. The van der Waals surface area contributed by atoms with E-state index < -0.39 is 5.92 Å². The minimum atomic E-state index is -0.541. The van der Waals surface area contributed by atoms with Gasteiger partial charge in [-0.25, -0.2) is 4.39 Å². The summed E-state index contributed by atoms with van der Waals surface area (Å²) in [4.78, 5) is 0. The Morgan fingerprint density at radius 1 is 1.18 bits per heavy atom. The quantitative estimate of drug-likeness (QED) is 0.860. The molecule has 0 unspecified atom stereocenters. The normalized spacial score (nSPS) is 27.4. The smallest absolute Gasteiger partial charge is 0.123 e. The van der Waals surface area contributed by atoms with E-state index >= 15 is 0 Å². The summed E-state index contributed by atoms with van der Waals surface area (Å²) in [5, 5.41) is 19.0. The van der Waals surface area contributed by atoms with E-state index in [1.54, 1.807) is 12.1 Å². The van der Waals surface area contributed by atoms with Crippen LogP contribution in [0.25, 0.3) is 0 Å². The molecule has 4 heteroatoms. The van der Waals surface area contributed by atoms with Crippen LogP contribution >= 0.6 is 0 Å². The van der Waals surface area contributed by atoms with Crippen molar-refractivity contribution in [2.24, 2.45) is 17.6 Å².